The molecule has 2 aromatic carbocycles. The van der Waals surface area contributed by atoms with Gasteiger partial charge in [0.15, 0.2) is 5.43 Å². The Labute approximate surface area is 139 Å². The van der Waals surface area contributed by atoms with E-state index >= 15 is 0 Å². The Morgan fingerprint density at radius 1 is 1.00 bits per heavy atom. The number of ether oxygens (including phenoxy) is 1. The van der Waals surface area contributed by atoms with Gasteiger partial charge in [0.25, 0.3) is 0 Å². The molecule has 0 bridgehead atoms. The van der Waals surface area contributed by atoms with Crippen LogP contribution in [0.4, 0.5) is 0 Å². The van der Waals surface area contributed by atoms with Crippen LogP contribution in [-0.2, 0) is 0 Å². The minimum absolute atomic E-state index is 0.0729. The molecule has 118 valence electrons. The van der Waals surface area contributed by atoms with Gasteiger partial charge in [-0.15, -0.1) is 11.6 Å². The Morgan fingerprint density at radius 3 is 2.61 bits per heavy atom. The second kappa shape index (κ2) is 7.34. The molecular weight excluding hydrogens is 312 g/mol. The fourth-order valence-corrected chi connectivity index (χ4v) is 2.55. The highest BCUT2D eigenvalue weighted by molar-refractivity contribution is 6.17. The quantitative estimate of drug-likeness (QED) is 0.479. The minimum atomic E-state index is -0.0729. The molecule has 0 atom stereocenters. The molecule has 0 fully saturated rings. The third-order valence-corrected chi connectivity index (χ3v) is 3.82. The van der Waals surface area contributed by atoms with Crippen molar-refractivity contribution >= 4 is 22.6 Å². The van der Waals surface area contributed by atoms with Crippen LogP contribution in [0.1, 0.15) is 12.8 Å². The van der Waals surface area contributed by atoms with E-state index in [0.29, 0.717) is 35.0 Å². The van der Waals surface area contributed by atoms with Crippen molar-refractivity contribution < 1.29 is 9.15 Å². The second-order valence-corrected chi connectivity index (χ2v) is 5.62. The number of alkyl halides is 1. The van der Waals surface area contributed by atoms with Crippen LogP contribution in [0.3, 0.4) is 0 Å². The second-order valence-electron chi connectivity index (χ2n) is 5.24. The Kier molecular flexibility index (Phi) is 4.99. The highest BCUT2D eigenvalue weighted by Crippen LogP contribution is 2.24. The summed E-state index contributed by atoms with van der Waals surface area (Å²) < 4.78 is 11.5. The van der Waals surface area contributed by atoms with E-state index in [4.69, 9.17) is 20.8 Å². The highest BCUT2D eigenvalue weighted by Gasteiger charge is 2.08. The summed E-state index contributed by atoms with van der Waals surface area (Å²) in [6.07, 6.45) is 1.81. The zero-order valence-electron chi connectivity index (χ0n) is 12.6. The van der Waals surface area contributed by atoms with Gasteiger partial charge in [-0.2, -0.15) is 0 Å². The van der Waals surface area contributed by atoms with Crippen LogP contribution in [0.25, 0.3) is 22.3 Å². The van der Waals surface area contributed by atoms with Crippen molar-refractivity contribution in [3.05, 3.63) is 64.8 Å². The van der Waals surface area contributed by atoms with E-state index in [1.165, 1.54) is 6.07 Å². The lowest BCUT2D eigenvalue weighted by atomic mass is 10.1. The summed E-state index contributed by atoms with van der Waals surface area (Å²) in [4.78, 5) is 12.4. The molecule has 0 saturated carbocycles. The van der Waals surface area contributed by atoms with Gasteiger partial charge in [-0.3, -0.25) is 4.79 Å². The van der Waals surface area contributed by atoms with Gasteiger partial charge in [0.2, 0.25) is 0 Å². The Hall–Kier alpha value is -2.26. The van der Waals surface area contributed by atoms with Gasteiger partial charge >= 0.3 is 0 Å². The lowest BCUT2D eigenvalue weighted by Crippen LogP contribution is -2.02. The van der Waals surface area contributed by atoms with Crippen molar-refractivity contribution in [1.82, 2.24) is 0 Å². The van der Waals surface area contributed by atoms with Crippen LogP contribution < -0.4 is 10.2 Å². The van der Waals surface area contributed by atoms with Crippen molar-refractivity contribution in [3.8, 4) is 17.1 Å². The van der Waals surface area contributed by atoms with Crippen molar-refractivity contribution in [2.45, 2.75) is 12.8 Å². The molecule has 4 heteroatoms. The highest BCUT2D eigenvalue weighted by atomic mass is 35.5. The lowest BCUT2D eigenvalue weighted by molar-refractivity contribution is 0.310. The maximum absolute atomic E-state index is 12.4. The third kappa shape index (κ3) is 3.74. The number of unbranched alkanes of at least 4 members (excludes halogenated alkanes) is 1. The number of hydrogen-bond donors (Lipinski definition) is 0. The SMILES string of the molecule is O=c1cc(-c2ccccc2)oc2ccc(OCCCCCl)cc12. The smallest absolute Gasteiger partial charge is 0.193 e. The summed E-state index contributed by atoms with van der Waals surface area (Å²) in [5.74, 6) is 1.87. The average Bonchev–Trinajstić information content (AvgIpc) is 2.60. The van der Waals surface area contributed by atoms with Crippen molar-refractivity contribution in [2.75, 3.05) is 12.5 Å². The standard InChI is InChI=1S/C19H17ClO3/c20-10-4-5-11-22-15-8-9-18-16(12-15)17(21)13-19(23-18)14-6-2-1-3-7-14/h1-3,6-9,12-13H,4-5,10-11H2. The molecule has 0 amide bonds. The summed E-state index contributed by atoms with van der Waals surface area (Å²) >= 11 is 5.64. The number of halogens is 1. The number of fused-ring (bicyclic) bond motifs is 1. The van der Waals surface area contributed by atoms with Gasteiger partial charge in [-0.1, -0.05) is 30.3 Å². The van der Waals surface area contributed by atoms with Crippen LogP contribution in [0, 0.1) is 0 Å². The third-order valence-electron chi connectivity index (χ3n) is 3.55. The van der Waals surface area contributed by atoms with Gasteiger partial charge in [-0.05, 0) is 31.0 Å². The van der Waals surface area contributed by atoms with E-state index in [-0.39, 0.29) is 5.43 Å². The van der Waals surface area contributed by atoms with Crippen LogP contribution >= 0.6 is 11.6 Å². The Bertz CT molecular complexity index is 840. The van der Waals surface area contributed by atoms with Crippen molar-refractivity contribution in [3.63, 3.8) is 0 Å². The molecule has 0 aliphatic rings. The number of rotatable bonds is 6. The van der Waals surface area contributed by atoms with Gasteiger partial charge in [0, 0.05) is 17.5 Å². The maximum Gasteiger partial charge on any atom is 0.193 e. The molecule has 1 aromatic heterocycles. The van der Waals surface area contributed by atoms with Crippen molar-refractivity contribution in [2.24, 2.45) is 0 Å². The van der Waals surface area contributed by atoms with Crippen LogP contribution in [0.2, 0.25) is 0 Å². The van der Waals surface area contributed by atoms with E-state index in [1.807, 2.05) is 36.4 Å². The summed E-state index contributed by atoms with van der Waals surface area (Å²) in [5.41, 5.74) is 1.37. The van der Waals surface area contributed by atoms with Crippen LogP contribution in [0.15, 0.2) is 63.8 Å². The molecule has 23 heavy (non-hydrogen) atoms. The molecule has 3 rings (SSSR count). The van der Waals surface area contributed by atoms with Gasteiger partial charge in [-0.25, -0.2) is 0 Å². The first-order valence-corrected chi connectivity index (χ1v) is 8.13. The van der Waals surface area contributed by atoms with Crippen LogP contribution in [-0.4, -0.2) is 12.5 Å². The van der Waals surface area contributed by atoms with Gasteiger partial charge in [0.05, 0.1) is 12.0 Å². The van der Waals surface area contributed by atoms with E-state index in [1.54, 1.807) is 12.1 Å². The molecular formula is C19H17ClO3. The first kappa shape index (κ1) is 15.6. The first-order valence-electron chi connectivity index (χ1n) is 7.60. The molecule has 0 aliphatic carbocycles. The van der Waals surface area contributed by atoms with E-state index in [0.717, 1.165) is 18.4 Å². The van der Waals surface area contributed by atoms with E-state index in [2.05, 4.69) is 0 Å². The number of benzene rings is 2. The van der Waals surface area contributed by atoms with E-state index in [9.17, 15) is 4.79 Å². The molecule has 0 saturated heterocycles. The average molecular weight is 329 g/mol. The normalized spacial score (nSPS) is 10.8. The molecule has 0 aliphatic heterocycles. The Morgan fingerprint density at radius 2 is 1.83 bits per heavy atom. The fraction of sp³-hybridized carbons (Fsp3) is 0.211. The molecule has 0 spiro atoms. The topological polar surface area (TPSA) is 39.4 Å². The molecule has 0 radical (unpaired) electrons. The van der Waals surface area contributed by atoms with Crippen LogP contribution in [0.5, 0.6) is 5.75 Å². The van der Waals surface area contributed by atoms with Gasteiger partial charge in [0.1, 0.15) is 17.1 Å². The summed E-state index contributed by atoms with van der Waals surface area (Å²) in [7, 11) is 0. The summed E-state index contributed by atoms with van der Waals surface area (Å²) in [6, 6.07) is 16.4. The predicted molar refractivity (Wildman–Crippen MR) is 93.4 cm³/mol. The zero-order chi connectivity index (χ0) is 16.1. The minimum Gasteiger partial charge on any atom is -0.494 e. The van der Waals surface area contributed by atoms with Crippen molar-refractivity contribution in [1.29, 1.82) is 0 Å². The summed E-state index contributed by atoms with van der Waals surface area (Å²) in [5, 5.41) is 0.527. The molecule has 3 nitrogen and oxygen atoms in total. The predicted octanol–water partition coefficient (Wildman–Crippen LogP) is 4.86. The largest absolute Gasteiger partial charge is 0.494 e. The van der Waals surface area contributed by atoms with E-state index < -0.39 is 0 Å². The lowest BCUT2D eigenvalue weighted by Gasteiger charge is -2.07. The van der Waals surface area contributed by atoms with Gasteiger partial charge < -0.3 is 9.15 Å². The fourth-order valence-electron chi connectivity index (χ4n) is 2.36. The monoisotopic (exact) mass is 328 g/mol. The summed E-state index contributed by atoms with van der Waals surface area (Å²) in [6.45, 7) is 0.589. The molecule has 0 unspecified atom stereocenters. The number of hydrogen-bond acceptors (Lipinski definition) is 3. The maximum atomic E-state index is 12.4. The first-order chi connectivity index (χ1) is 11.3. The Balaban J connectivity index is 1.89. The molecule has 3 aromatic rings. The zero-order valence-corrected chi connectivity index (χ0v) is 13.4. The molecule has 1 heterocycles. The molecule has 0 N–H and O–H groups in total.